The number of hydrogen-bond donors (Lipinski definition) is 1. The third-order valence-corrected chi connectivity index (χ3v) is 5.49. The summed E-state index contributed by atoms with van der Waals surface area (Å²) in [5.41, 5.74) is 3.33. The van der Waals surface area contributed by atoms with E-state index in [0.717, 1.165) is 16.8 Å². The lowest BCUT2D eigenvalue weighted by atomic mass is 9.85. The van der Waals surface area contributed by atoms with Gasteiger partial charge in [-0.1, -0.05) is 18.7 Å². The van der Waals surface area contributed by atoms with Gasteiger partial charge in [0.25, 0.3) is 0 Å². The zero-order valence-electron chi connectivity index (χ0n) is 18.4. The minimum Gasteiger partial charge on any atom is -0.490 e. The molecule has 33 heavy (non-hydrogen) atoms. The molecule has 10 heteroatoms. The number of amides is 1. The Kier molecular flexibility index (Phi) is 5.25. The van der Waals surface area contributed by atoms with Crippen molar-refractivity contribution >= 4 is 17.4 Å². The second-order valence-electron chi connectivity index (χ2n) is 7.63. The molecule has 168 valence electrons. The van der Waals surface area contributed by atoms with Crippen LogP contribution in [-0.2, 0) is 4.79 Å². The highest BCUT2D eigenvalue weighted by Crippen LogP contribution is 2.42. The molecule has 0 saturated carbocycles. The topological polar surface area (TPSA) is 108 Å². The van der Waals surface area contributed by atoms with Gasteiger partial charge >= 0.3 is 0 Å². The van der Waals surface area contributed by atoms with Crippen LogP contribution in [0.5, 0.6) is 11.5 Å². The summed E-state index contributed by atoms with van der Waals surface area (Å²) in [5, 5.41) is 20.1. The molecule has 0 radical (unpaired) electrons. The van der Waals surface area contributed by atoms with Crippen LogP contribution in [0.15, 0.2) is 49.3 Å². The van der Waals surface area contributed by atoms with Gasteiger partial charge in [-0.3, -0.25) is 4.79 Å². The number of fused-ring (bicyclic) bond motifs is 2. The van der Waals surface area contributed by atoms with Crippen LogP contribution in [-0.4, -0.2) is 48.7 Å². The van der Waals surface area contributed by atoms with Crippen LogP contribution in [0.3, 0.4) is 0 Å². The average molecular weight is 445 g/mol. The van der Waals surface area contributed by atoms with Crippen molar-refractivity contribution in [3.8, 4) is 17.3 Å². The highest BCUT2D eigenvalue weighted by molar-refractivity contribution is 5.95. The molecule has 3 aromatic heterocycles. The minimum absolute atomic E-state index is 0.0935. The number of nitrogens with zero attached hydrogens (tertiary/aromatic N) is 6. The smallest absolute Gasteiger partial charge is 0.226 e. The normalized spacial score (nSPS) is 15.2. The molecule has 1 N–H and O–H groups in total. The number of carbonyl (C=O) groups excluding carboxylic acids is 1. The van der Waals surface area contributed by atoms with E-state index < -0.39 is 0 Å². The second-order valence-corrected chi connectivity index (χ2v) is 7.63. The molecule has 0 unspecified atom stereocenters. The van der Waals surface area contributed by atoms with E-state index in [1.165, 1.54) is 6.33 Å². The quantitative estimate of drug-likeness (QED) is 0.436. The first-order chi connectivity index (χ1) is 16.1. The van der Waals surface area contributed by atoms with Crippen molar-refractivity contribution in [1.82, 2.24) is 29.6 Å². The largest absolute Gasteiger partial charge is 0.490 e. The van der Waals surface area contributed by atoms with Crippen molar-refractivity contribution in [2.24, 2.45) is 0 Å². The predicted molar refractivity (Wildman–Crippen MR) is 121 cm³/mol. The van der Waals surface area contributed by atoms with E-state index in [1.54, 1.807) is 27.4 Å². The fourth-order valence-electron chi connectivity index (χ4n) is 4.11. The number of hydrogen-bond acceptors (Lipinski definition) is 7. The number of benzene rings is 1. The summed E-state index contributed by atoms with van der Waals surface area (Å²) in [6.45, 7) is 8.43. The highest BCUT2D eigenvalue weighted by atomic mass is 16.5. The van der Waals surface area contributed by atoms with E-state index in [1.807, 2.05) is 32.0 Å². The number of rotatable bonds is 7. The van der Waals surface area contributed by atoms with E-state index in [-0.39, 0.29) is 11.8 Å². The molecule has 4 aromatic rings. The maximum absolute atomic E-state index is 12.7. The molecule has 5 rings (SSSR count). The minimum atomic E-state index is -0.186. The summed E-state index contributed by atoms with van der Waals surface area (Å²) in [5.74, 6) is 2.15. The van der Waals surface area contributed by atoms with Crippen LogP contribution in [0, 0.1) is 6.92 Å². The Labute approximate surface area is 189 Å². The Morgan fingerprint density at radius 1 is 1.21 bits per heavy atom. The maximum atomic E-state index is 12.7. The molecule has 4 heterocycles. The summed E-state index contributed by atoms with van der Waals surface area (Å²) in [4.78, 5) is 12.7. The second kappa shape index (κ2) is 8.38. The zero-order valence-corrected chi connectivity index (χ0v) is 18.4. The maximum Gasteiger partial charge on any atom is 0.226 e. The molecule has 0 saturated heterocycles. The first-order valence-corrected chi connectivity index (χ1v) is 10.7. The molecule has 1 amide bonds. The lowest BCUT2D eigenvalue weighted by Crippen LogP contribution is -2.25. The van der Waals surface area contributed by atoms with E-state index in [9.17, 15) is 4.79 Å². The van der Waals surface area contributed by atoms with Gasteiger partial charge in [0.1, 0.15) is 18.8 Å². The van der Waals surface area contributed by atoms with E-state index in [2.05, 4.69) is 27.2 Å². The standard InChI is InChI=1S/C23H23N7O3/c1-4-10-33-17-7-6-15(11-18(17)32-5-2)16-12-21(31)25-23-22(16)14(3)27-30(23)20-9-8-19-26-24-13-29(19)28-20/h4,6-9,11,13,16H,1,5,10,12H2,2-3H3,(H,25,31)/t16-/m0/s1. The number of anilines is 1. The third-order valence-electron chi connectivity index (χ3n) is 5.49. The summed E-state index contributed by atoms with van der Waals surface area (Å²) >= 11 is 0. The van der Waals surface area contributed by atoms with Gasteiger partial charge in [-0.25, -0.2) is 0 Å². The lowest BCUT2D eigenvalue weighted by molar-refractivity contribution is -0.116. The van der Waals surface area contributed by atoms with E-state index >= 15 is 0 Å². The number of ether oxygens (including phenoxy) is 2. The van der Waals surface area contributed by atoms with Gasteiger partial charge in [0, 0.05) is 17.9 Å². The molecular formula is C23H23N7O3. The molecular weight excluding hydrogens is 422 g/mol. The molecule has 1 aliphatic rings. The molecule has 0 bridgehead atoms. The predicted octanol–water partition coefficient (Wildman–Crippen LogP) is 3.06. The molecule has 10 nitrogen and oxygen atoms in total. The van der Waals surface area contributed by atoms with Crippen molar-refractivity contribution in [2.75, 3.05) is 18.5 Å². The highest BCUT2D eigenvalue weighted by Gasteiger charge is 2.33. The molecule has 0 spiro atoms. The van der Waals surface area contributed by atoms with Crippen molar-refractivity contribution in [1.29, 1.82) is 0 Å². The number of nitrogens with one attached hydrogen (secondary N) is 1. The molecule has 1 atom stereocenters. The summed E-state index contributed by atoms with van der Waals surface area (Å²) in [6.07, 6.45) is 3.51. The van der Waals surface area contributed by atoms with E-state index in [4.69, 9.17) is 14.6 Å². The third kappa shape index (κ3) is 3.69. The Hall–Kier alpha value is -4.21. The molecule has 0 aliphatic carbocycles. The van der Waals surface area contributed by atoms with Crippen LogP contribution in [0.2, 0.25) is 0 Å². The Morgan fingerprint density at radius 2 is 2.09 bits per heavy atom. The Morgan fingerprint density at radius 3 is 2.91 bits per heavy atom. The monoisotopic (exact) mass is 445 g/mol. The van der Waals surface area contributed by atoms with Gasteiger partial charge in [-0.05, 0) is 43.7 Å². The Bertz CT molecular complexity index is 1360. The van der Waals surface area contributed by atoms with Crippen molar-refractivity contribution in [3.05, 3.63) is 66.1 Å². The fourth-order valence-corrected chi connectivity index (χ4v) is 4.11. The fraction of sp³-hybridized carbons (Fsp3) is 0.261. The lowest BCUT2D eigenvalue weighted by Gasteiger charge is -2.25. The van der Waals surface area contributed by atoms with Gasteiger partial charge in [0.15, 0.2) is 23.0 Å². The first kappa shape index (κ1) is 20.7. The molecule has 1 aliphatic heterocycles. The molecule has 0 fully saturated rings. The van der Waals surface area contributed by atoms with Gasteiger partial charge in [-0.15, -0.1) is 15.3 Å². The van der Waals surface area contributed by atoms with Crippen LogP contribution in [0.25, 0.3) is 11.5 Å². The van der Waals surface area contributed by atoms with Crippen molar-refractivity contribution in [3.63, 3.8) is 0 Å². The number of aromatic nitrogens is 6. The van der Waals surface area contributed by atoms with Crippen LogP contribution >= 0.6 is 0 Å². The van der Waals surface area contributed by atoms with Crippen molar-refractivity contribution in [2.45, 2.75) is 26.2 Å². The molecule has 1 aromatic carbocycles. The van der Waals surface area contributed by atoms with E-state index in [0.29, 0.717) is 48.4 Å². The van der Waals surface area contributed by atoms with Crippen LogP contribution < -0.4 is 14.8 Å². The first-order valence-electron chi connectivity index (χ1n) is 10.7. The van der Waals surface area contributed by atoms with Gasteiger partial charge in [-0.2, -0.15) is 14.3 Å². The Balaban J connectivity index is 1.59. The number of aryl methyl sites for hydroxylation is 1. The van der Waals surface area contributed by atoms with Crippen LogP contribution in [0.4, 0.5) is 5.82 Å². The van der Waals surface area contributed by atoms with Crippen molar-refractivity contribution < 1.29 is 14.3 Å². The van der Waals surface area contributed by atoms with Gasteiger partial charge in [0.2, 0.25) is 5.91 Å². The van der Waals surface area contributed by atoms with Gasteiger partial charge in [0.05, 0.1) is 12.3 Å². The SMILES string of the molecule is C=CCOc1ccc([C@@H]2CC(=O)Nc3c2c(C)nn3-c2ccc3nncn3n2)cc1OCC. The summed E-state index contributed by atoms with van der Waals surface area (Å²) < 4.78 is 14.8. The van der Waals surface area contributed by atoms with Gasteiger partial charge < -0.3 is 14.8 Å². The zero-order chi connectivity index (χ0) is 22.9. The summed E-state index contributed by atoms with van der Waals surface area (Å²) in [7, 11) is 0. The summed E-state index contributed by atoms with van der Waals surface area (Å²) in [6, 6.07) is 9.37. The van der Waals surface area contributed by atoms with Crippen LogP contribution in [0.1, 0.15) is 36.1 Å². The number of carbonyl (C=O) groups is 1. The average Bonchev–Trinajstić information content (AvgIpc) is 3.41.